The minimum Gasteiger partial charge on any atom is -0.345 e. The van der Waals surface area contributed by atoms with E-state index in [0.717, 1.165) is 18.5 Å². The molecule has 0 aliphatic carbocycles. The van der Waals surface area contributed by atoms with E-state index in [1.165, 1.54) is 10.1 Å². The lowest BCUT2D eigenvalue weighted by Gasteiger charge is -2.31. The van der Waals surface area contributed by atoms with Gasteiger partial charge in [-0.05, 0) is 35.2 Å². The van der Waals surface area contributed by atoms with Gasteiger partial charge in [-0.15, -0.1) is 11.3 Å². The Morgan fingerprint density at radius 3 is 3.00 bits per heavy atom. The molecule has 5 heteroatoms. The SMILES string of the molecule is CN1CCC[C@@H](C(=O)N(C)Cc2csc3ccccc23)C1=O. The Balaban J connectivity index is 1.75. The molecule has 4 nitrogen and oxygen atoms in total. The molecule has 0 bridgehead atoms. The zero-order chi connectivity index (χ0) is 15.7. The van der Waals surface area contributed by atoms with Crippen molar-refractivity contribution in [2.75, 3.05) is 20.6 Å². The lowest BCUT2D eigenvalue weighted by molar-refractivity contribution is -0.148. The van der Waals surface area contributed by atoms with Crippen LogP contribution in [0.25, 0.3) is 10.1 Å². The fraction of sp³-hybridized carbons (Fsp3) is 0.412. The molecule has 0 N–H and O–H groups in total. The Labute approximate surface area is 134 Å². The molecule has 2 aromatic rings. The van der Waals surface area contributed by atoms with Gasteiger partial charge in [0.25, 0.3) is 0 Å². The molecular formula is C17H20N2O2S. The van der Waals surface area contributed by atoms with Crippen molar-refractivity contribution in [2.45, 2.75) is 19.4 Å². The normalized spacial score (nSPS) is 18.7. The highest BCUT2D eigenvalue weighted by molar-refractivity contribution is 7.17. The van der Waals surface area contributed by atoms with Gasteiger partial charge in [0, 0.05) is 31.9 Å². The molecule has 1 aromatic heterocycles. The average molecular weight is 316 g/mol. The molecule has 0 spiro atoms. The highest BCUT2D eigenvalue weighted by Crippen LogP contribution is 2.27. The average Bonchev–Trinajstić information content (AvgIpc) is 2.92. The fourth-order valence-electron chi connectivity index (χ4n) is 3.02. The van der Waals surface area contributed by atoms with Crippen LogP contribution < -0.4 is 0 Å². The summed E-state index contributed by atoms with van der Waals surface area (Å²) in [5, 5.41) is 3.29. The topological polar surface area (TPSA) is 40.6 Å². The van der Waals surface area contributed by atoms with Crippen molar-refractivity contribution in [3.05, 3.63) is 35.2 Å². The lowest BCUT2D eigenvalue weighted by Crippen LogP contribution is -2.46. The van der Waals surface area contributed by atoms with Crippen molar-refractivity contribution in [1.82, 2.24) is 9.80 Å². The molecule has 116 valence electrons. The predicted molar refractivity (Wildman–Crippen MR) is 88.7 cm³/mol. The Morgan fingerprint density at radius 2 is 2.18 bits per heavy atom. The molecule has 1 saturated heterocycles. The van der Waals surface area contributed by atoms with Crippen molar-refractivity contribution in [3.8, 4) is 0 Å². The lowest BCUT2D eigenvalue weighted by atomic mass is 9.96. The summed E-state index contributed by atoms with van der Waals surface area (Å²) in [5.74, 6) is -0.612. The second-order valence-electron chi connectivity index (χ2n) is 5.91. The molecule has 1 atom stereocenters. The third kappa shape index (κ3) is 2.73. The summed E-state index contributed by atoms with van der Waals surface area (Å²) in [6, 6.07) is 8.21. The van der Waals surface area contributed by atoms with Crippen LogP contribution in [0.2, 0.25) is 0 Å². The predicted octanol–water partition coefficient (Wildman–Crippen LogP) is 2.73. The summed E-state index contributed by atoms with van der Waals surface area (Å²) >= 11 is 1.69. The van der Waals surface area contributed by atoms with Gasteiger partial charge in [-0.1, -0.05) is 18.2 Å². The van der Waals surface area contributed by atoms with Crippen LogP contribution in [0.1, 0.15) is 18.4 Å². The van der Waals surface area contributed by atoms with E-state index in [9.17, 15) is 9.59 Å². The van der Waals surface area contributed by atoms with Crippen LogP contribution in [0.5, 0.6) is 0 Å². The van der Waals surface area contributed by atoms with Gasteiger partial charge in [0.2, 0.25) is 11.8 Å². The number of likely N-dealkylation sites (tertiary alicyclic amines) is 1. The van der Waals surface area contributed by atoms with Gasteiger partial charge in [0.1, 0.15) is 5.92 Å². The van der Waals surface area contributed by atoms with Gasteiger partial charge in [0.05, 0.1) is 0 Å². The third-order valence-electron chi connectivity index (χ3n) is 4.30. The summed E-state index contributed by atoms with van der Waals surface area (Å²) in [5.41, 5.74) is 1.15. The van der Waals surface area contributed by atoms with Gasteiger partial charge in [0.15, 0.2) is 0 Å². The van der Waals surface area contributed by atoms with Crippen LogP contribution >= 0.6 is 11.3 Å². The number of amides is 2. The first-order valence-electron chi connectivity index (χ1n) is 7.53. The molecule has 1 aliphatic heterocycles. The van der Waals surface area contributed by atoms with Gasteiger partial charge in [-0.25, -0.2) is 0 Å². The number of hydrogen-bond donors (Lipinski definition) is 0. The quantitative estimate of drug-likeness (QED) is 0.817. The Kier molecular flexibility index (Phi) is 4.16. The zero-order valence-electron chi connectivity index (χ0n) is 12.9. The molecule has 0 saturated carbocycles. The largest absolute Gasteiger partial charge is 0.345 e. The smallest absolute Gasteiger partial charge is 0.235 e. The first-order valence-corrected chi connectivity index (χ1v) is 8.41. The third-order valence-corrected chi connectivity index (χ3v) is 5.32. The molecule has 3 rings (SSSR count). The summed E-state index contributed by atoms with van der Waals surface area (Å²) in [6.45, 7) is 1.30. The molecule has 1 fully saturated rings. The van der Waals surface area contributed by atoms with E-state index >= 15 is 0 Å². The van der Waals surface area contributed by atoms with Crippen LogP contribution in [0, 0.1) is 5.92 Å². The van der Waals surface area contributed by atoms with Crippen LogP contribution in [0.4, 0.5) is 0 Å². The number of benzene rings is 1. The van der Waals surface area contributed by atoms with Gasteiger partial charge >= 0.3 is 0 Å². The molecular weight excluding hydrogens is 296 g/mol. The maximum absolute atomic E-state index is 12.6. The molecule has 0 radical (unpaired) electrons. The molecule has 1 aliphatic rings. The Bertz CT molecular complexity index is 710. The van der Waals surface area contributed by atoms with Crippen molar-refractivity contribution in [1.29, 1.82) is 0 Å². The van der Waals surface area contributed by atoms with E-state index in [1.807, 2.05) is 12.1 Å². The number of piperidine rings is 1. The fourth-order valence-corrected chi connectivity index (χ4v) is 3.97. The van der Waals surface area contributed by atoms with Crippen LogP contribution in [-0.4, -0.2) is 42.3 Å². The second-order valence-corrected chi connectivity index (χ2v) is 6.82. The second kappa shape index (κ2) is 6.08. The van der Waals surface area contributed by atoms with E-state index in [0.29, 0.717) is 13.0 Å². The summed E-state index contributed by atoms with van der Waals surface area (Å²) in [7, 11) is 3.56. The number of thiophene rings is 1. The van der Waals surface area contributed by atoms with Crippen molar-refractivity contribution in [3.63, 3.8) is 0 Å². The van der Waals surface area contributed by atoms with Crippen LogP contribution in [-0.2, 0) is 16.1 Å². The Morgan fingerprint density at radius 1 is 1.41 bits per heavy atom. The first-order chi connectivity index (χ1) is 10.6. The van der Waals surface area contributed by atoms with E-state index in [2.05, 4.69) is 17.5 Å². The molecule has 2 amide bonds. The Hall–Kier alpha value is -1.88. The highest BCUT2D eigenvalue weighted by atomic mass is 32.1. The number of fused-ring (bicyclic) bond motifs is 1. The molecule has 0 unspecified atom stereocenters. The summed E-state index contributed by atoms with van der Waals surface area (Å²) < 4.78 is 1.23. The van der Waals surface area contributed by atoms with Crippen LogP contribution in [0.15, 0.2) is 29.6 Å². The van der Waals surface area contributed by atoms with E-state index in [4.69, 9.17) is 0 Å². The van der Waals surface area contributed by atoms with Gasteiger partial charge in [-0.2, -0.15) is 0 Å². The standard InChI is InChI=1S/C17H20N2O2S/c1-18-9-5-7-14(16(18)20)17(21)19(2)10-12-11-22-15-8-4-3-6-13(12)15/h3-4,6,8,11,14H,5,7,9-10H2,1-2H3/t14-/m1/s1. The van der Waals surface area contributed by atoms with Crippen molar-refractivity contribution < 1.29 is 9.59 Å². The number of carbonyl (C=O) groups is 2. The summed E-state index contributed by atoms with van der Waals surface area (Å²) in [4.78, 5) is 28.1. The minimum atomic E-state index is -0.506. The number of rotatable bonds is 3. The molecule has 1 aromatic carbocycles. The van der Waals surface area contributed by atoms with Crippen LogP contribution in [0.3, 0.4) is 0 Å². The molecule has 22 heavy (non-hydrogen) atoms. The van der Waals surface area contributed by atoms with Crippen molar-refractivity contribution >= 4 is 33.2 Å². The summed E-state index contributed by atoms with van der Waals surface area (Å²) in [6.07, 6.45) is 1.56. The van der Waals surface area contributed by atoms with E-state index in [1.54, 1.807) is 35.2 Å². The maximum atomic E-state index is 12.6. The number of hydrogen-bond acceptors (Lipinski definition) is 3. The zero-order valence-corrected chi connectivity index (χ0v) is 13.7. The van der Waals surface area contributed by atoms with E-state index in [-0.39, 0.29) is 11.8 Å². The number of carbonyl (C=O) groups excluding carboxylic acids is 2. The number of nitrogens with zero attached hydrogens (tertiary/aromatic N) is 2. The van der Waals surface area contributed by atoms with Gasteiger partial charge < -0.3 is 9.80 Å². The minimum absolute atomic E-state index is 0.0433. The molecule has 2 heterocycles. The van der Waals surface area contributed by atoms with Crippen molar-refractivity contribution in [2.24, 2.45) is 5.92 Å². The monoisotopic (exact) mass is 316 g/mol. The van der Waals surface area contributed by atoms with Gasteiger partial charge in [-0.3, -0.25) is 9.59 Å². The highest BCUT2D eigenvalue weighted by Gasteiger charge is 2.34. The maximum Gasteiger partial charge on any atom is 0.235 e. The first kappa shape index (κ1) is 15.0. The van der Waals surface area contributed by atoms with E-state index < -0.39 is 5.92 Å².